The van der Waals surface area contributed by atoms with Gasteiger partial charge >= 0.3 is 0 Å². The molecule has 3 aromatic heterocycles. The van der Waals surface area contributed by atoms with E-state index in [1.54, 1.807) is 18.8 Å². The highest BCUT2D eigenvalue weighted by atomic mass is 16.3. The third-order valence-corrected chi connectivity index (χ3v) is 9.45. The average Bonchev–Trinajstić information content (AvgIpc) is 4.05. The summed E-state index contributed by atoms with van der Waals surface area (Å²) < 4.78 is 16.7. The van der Waals surface area contributed by atoms with E-state index in [1.165, 1.54) is 0 Å². The van der Waals surface area contributed by atoms with Crippen LogP contribution in [0.5, 0.6) is 0 Å². The SMILES string of the molecule is c1coc(-c2ccc(-c3ccc(N(c4ccc(-c5ccc(-c6ccco6)cc5)cc4)c4ccc(-c5ccc(-c6ccco6)cc5)cc4)cc3)cc2)c1. The molecule has 4 nitrogen and oxygen atoms in total. The van der Waals surface area contributed by atoms with E-state index >= 15 is 0 Å². The highest BCUT2D eigenvalue weighted by Crippen LogP contribution is 2.38. The Balaban J connectivity index is 1.02. The molecule has 9 aromatic rings. The van der Waals surface area contributed by atoms with Gasteiger partial charge < -0.3 is 18.2 Å². The van der Waals surface area contributed by atoms with Gasteiger partial charge in [0.2, 0.25) is 0 Å². The molecule has 9 rings (SSSR count). The lowest BCUT2D eigenvalue weighted by Gasteiger charge is -2.26. The molecule has 0 radical (unpaired) electrons. The molecule has 0 atom stereocenters. The van der Waals surface area contributed by atoms with Gasteiger partial charge in [0.1, 0.15) is 17.3 Å². The summed E-state index contributed by atoms with van der Waals surface area (Å²) in [5.41, 5.74) is 13.3. The van der Waals surface area contributed by atoms with Gasteiger partial charge in [-0.15, -0.1) is 0 Å². The molecule has 0 aliphatic heterocycles. The monoisotopic (exact) mass is 671 g/mol. The van der Waals surface area contributed by atoms with Crippen molar-refractivity contribution in [1.29, 1.82) is 0 Å². The Hall–Kier alpha value is -7.04. The minimum absolute atomic E-state index is 0.867. The second-order valence-corrected chi connectivity index (χ2v) is 12.6. The molecular weight excluding hydrogens is 639 g/mol. The minimum atomic E-state index is 0.867. The molecule has 0 aliphatic carbocycles. The van der Waals surface area contributed by atoms with Crippen LogP contribution in [-0.4, -0.2) is 0 Å². The molecule has 0 saturated carbocycles. The summed E-state index contributed by atoms with van der Waals surface area (Å²) in [6, 6.07) is 63.4. The van der Waals surface area contributed by atoms with Crippen LogP contribution in [0.1, 0.15) is 0 Å². The molecule has 4 heteroatoms. The quantitative estimate of drug-likeness (QED) is 0.153. The van der Waals surface area contributed by atoms with Gasteiger partial charge in [0.25, 0.3) is 0 Å². The fourth-order valence-corrected chi connectivity index (χ4v) is 6.67. The van der Waals surface area contributed by atoms with Crippen molar-refractivity contribution in [3.8, 4) is 67.4 Å². The lowest BCUT2D eigenvalue weighted by atomic mass is 10.0. The van der Waals surface area contributed by atoms with Gasteiger partial charge in [0.15, 0.2) is 0 Å². The maximum atomic E-state index is 5.58. The van der Waals surface area contributed by atoms with Crippen LogP contribution in [0.4, 0.5) is 17.1 Å². The van der Waals surface area contributed by atoms with Crippen LogP contribution >= 0.6 is 0 Å². The molecule has 6 aromatic carbocycles. The van der Waals surface area contributed by atoms with Gasteiger partial charge in [0, 0.05) is 33.8 Å². The number of hydrogen-bond acceptors (Lipinski definition) is 4. The third-order valence-electron chi connectivity index (χ3n) is 9.45. The summed E-state index contributed by atoms with van der Waals surface area (Å²) in [5.74, 6) is 2.60. The predicted octanol–water partition coefficient (Wildman–Crippen LogP) is 13.9. The van der Waals surface area contributed by atoms with Crippen LogP contribution in [0.3, 0.4) is 0 Å². The van der Waals surface area contributed by atoms with Crippen LogP contribution in [0, 0.1) is 0 Å². The van der Waals surface area contributed by atoms with E-state index in [4.69, 9.17) is 13.3 Å². The second kappa shape index (κ2) is 13.7. The molecular formula is C48H33NO3. The zero-order chi connectivity index (χ0) is 34.7. The van der Waals surface area contributed by atoms with Crippen molar-refractivity contribution in [2.75, 3.05) is 4.90 Å². The maximum absolute atomic E-state index is 5.58. The minimum Gasteiger partial charge on any atom is -0.464 e. The van der Waals surface area contributed by atoms with Crippen LogP contribution in [0.25, 0.3) is 67.4 Å². The summed E-state index contributed by atoms with van der Waals surface area (Å²) >= 11 is 0. The Kier molecular flexibility index (Phi) is 8.16. The van der Waals surface area contributed by atoms with Gasteiger partial charge in [-0.1, -0.05) is 109 Å². The van der Waals surface area contributed by atoms with E-state index in [2.05, 4.69) is 150 Å². The molecule has 0 unspecified atom stereocenters. The zero-order valence-corrected chi connectivity index (χ0v) is 28.2. The van der Waals surface area contributed by atoms with Gasteiger partial charge in [-0.2, -0.15) is 0 Å². The van der Waals surface area contributed by atoms with Gasteiger partial charge in [-0.25, -0.2) is 0 Å². The number of hydrogen-bond donors (Lipinski definition) is 0. The van der Waals surface area contributed by atoms with Crippen molar-refractivity contribution in [2.45, 2.75) is 0 Å². The standard InChI is InChI=1S/C48H33NO3/c1-4-46(50-31-1)40-13-7-34(8-14-40)37-19-25-43(26-20-37)49(44-27-21-38(22-28-44)35-9-15-41(16-10-35)47-5-2-32-51-47)45-29-23-39(24-30-45)36-11-17-42(18-12-36)48-6-3-33-52-48/h1-33H. The first kappa shape index (κ1) is 31.0. The molecule has 0 aliphatic rings. The lowest BCUT2D eigenvalue weighted by Crippen LogP contribution is -2.09. The summed E-state index contributed by atoms with van der Waals surface area (Å²) in [7, 11) is 0. The van der Waals surface area contributed by atoms with E-state index < -0.39 is 0 Å². The summed E-state index contributed by atoms with van der Waals surface area (Å²) in [6.07, 6.45) is 5.11. The molecule has 0 spiro atoms. The van der Waals surface area contributed by atoms with Crippen molar-refractivity contribution in [3.63, 3.8) is 0 Å². The van der Waals surface area contributed by atoms with Gasteiger partial charge in [-0.05, 0) is 106 Å². The fourth-order valence-electron chi connectivity index (χ4n) is 6.67. The van der Waals surface area contributed by atoms with E-state index in [0.29, 0.717) is 0 Å². The maximum Gasteiger partial charge on any atom is 0.133 e. The predicted molar refractivity (Wildman–Crippen MR) is 211 cm³/mol. The van der Waals surface area contributed by atoms with Crippen molar-refractivity contribution in [2.24, 2.45) is 0 Å². The van der Waals surface area contributed by atoms with Crippen LogP contribution in [0.15, 0.2) is 214 Å². The largest absolute Gasteiger partial charge is 0.464 e. The second-order valence-electron chi connectivity index (χ2n) is 12.6. The first-order chi connectivity index (χ1) is 25.7. The first-order valence-corrected chi connectivity index (χ1v) is 17.3. The molecule has 0 fully saturated rings. The molecule has 0 bridgehead atoms. The third kappa shape index (κ3) is 6.26. The lowest BCUT2D eigenvalue weighted by molar-refractivity contribution is 0.582. The Morgan fingerprint density at radius 2 is 0.442 bits per heavy atom. The van der Waals surface area contributed by atoms with E-state index in [1.807, 2.05) is 36.4 Å². The smallest absolute Gasteiger partial charge is 0.133 e. The number of furan rings is 3. The Morgan fingerprint density at radius 3 is 0.654 bits per heavy atom. The van der Waals surface area contributed by atoms with Crippen molar-refractivity contribution in [3.05, 3.63) is 201 Å². The van der Waals surface area contributed by atoms with E-state index in [9.17, 15) is 0 Å². The molecule has 0 amide bonds. The van der Waals surface area contributed by atoms with Crippen LogP contribution in [-0.2, 0) is 0 Å². The van der Waals surface area contributed by atoms with Crippen molar-refractivity contribution >= 4 is 17.1 Å². The zero-order valence-electron chi connectivity index (χ0n) is 28.2. The topological polar surface area (TPSA) is 42.7 Å². The number of benzene rings is 6. The highest BCUT2D eigenvalue weighted by molar-refractivity contribution is 5.82. The van der Waals surface area contributed by atoms with E-state index in [0.717, 1.165) is 84.4 Å². The van der Waals surface area contributed by atoms with E-state index in [-0.39, 0.29) is 0 Å². The van der Waals surface area contributed by atoms with Gasteiger partial charge in [-0.3, -0.25) is 0 Å². The molecule has 3 heterocycles. The first-order valence-electron chi connectivity index (χ1n) is 17.3. The fraction of sp³-hybridized carbons (Fsp3) is 0. The Labute approximate surface area is 302 Å². The molecule has 0 N–H and O–H groups in total. The molecule has 248 valence electrons. The summed E-state index contributed by atoms with van der Waals surface area (Å²) in [5, 5.41) is 0. The average molecular weight is 672 g/mol. The number of rotatable bonds is 9. The highest BCUT2D eigenvalue weighted by Gasteiger charge is 2.14. The number of anilines is 3. The number of nitrogens with zero attached hydrogens (tertiary/aromatic N) is 1. The van der Waals surface area contributed by atoms with Crippen LogP contribution in [0.2, 0.25) is 0 Å². The van der Waals surface area contributed by atoms with Gasteiger partial charge in [0.05, 0.1) is 18.8 Å². The Bertz CT molecular complexity index is 2190. The van der Waals surface area contributed by atoms with Crippen LogP contribution < -0.4 is 4.90 Å². The Morgan fingerprint density at radius 1 is 0.231 bits per heavy atom. The van der Waals surface area contributed by atoms with Crippen molar-refractivity contribution < 1.29 is 13.3 Å². The summed E-state index contributed by atoms with van der Waals surface area (Å²) in [4.78, 5) is 2.30. The van der Waals surface area contributed by atoms with Crippen molar-refractivity contribution in [1.82, 2.24) is 0 Å². The molecule has 0 saturated heterocycles. The molecule has 52 heavy (non-hydrogen) atoms. The summed E-state index contributed by atoms with van der Waals surface area (Å²) in [6.45, 7) is 0. The normalized spacial score (nSPS) is 11.1.